The average Bonchev–Trinajstić information content (AvgIpc) is 2.63. The van der Waals surface area contributed by atoms with E-state index in [1.54, 1.807) is 45.4 Å². The third kappa shape index (κ3) is 6.41. The maximum Gasteiger partial charge on any atom is 0.340 e. The molecule has 1 rings (SSSR count). The van der Waals surface area contributed by atoms with Crippen LogP contribution in [-0.4, -0.2) is 67.1 Å². The zero-order valence-corrected chi connectivity index (χ0v) is 16.2. The van der Waals surface area contributed by atoms with Crippen LogP contribution in [0.1, 0.15) is 23.7 Å². The standard InChI is InChI=1S/C18H23N3O4S/c1-13(17(23)21(4)11-7-10-19)25-18(24)14-8-5-6-9-15(14)26-12-16(22)20(2)3/h5-6,8-9,13H,7,11-12H2,1-4H3/t13-/m0/s1. The van der Waals surface area contributed by atoms with Crippen molar-refractivity contribution in [2.75, 3.05) is 33.4 Å². The number of thioether (sulfide) groups is 1. The summed E-state index contributed by atoms with van der Waals surface area (Å²) in [6.07, 6.45) is -0.755. The highest BCUT2D eigenvalue weighted by atomic mass is 32.2. The van der Waals surface area contributed by atoms with Crippen LogP contribution in [-0.2, 0) is 14.3 Å². The summed E-state index contributed by atoms with van der Waals surface area (Å²) in [6, 6.07) is 8.75. The molecule has 0 fully saturated rings. The summed E-state index contributed by atoms with van der Waals surface area (Å²) in [5.74, 6) is -0.870. The summed E-state index contributed by atoms with van der Waals surface area (Å²) < 4.78 is 5.27. The Bertz CT molecular complexity index is 700. The second-order valence-electron chi connectivity index (χ2n) is 5.79. The Hall–Kier alpha value is -2.53. The molecule has 0 saturated heterocycles. The normalized spacial score (nSPS) is 11.2. The molecule has 0 unspecified atom stereocenters. The van der Waals surface area contributed by atoms with Gasteiger partial charge in [-0.3, -0.25) is 9.59 Å². The van der Waals surface area contributed by atoms with E-state index in [9.17, 15) is 14.4 Å². The fourth-order valence-corrected chi connectivity index (χ4v) is 2.96. The third-order valence-corrected chi connectivity index (χ3v) is 4.58. The first-order valence-corrected chi connectivity index (χ1v) is 9.01. The van der Waals surface area contributed by atoms with E-state index in [1.807, 2.05) is 6.07 Å². The van der Waals surface area contributed by atoms with Crippen LogP contribution in [0.3, 0.4) is 0 Å². The number of hydrogen-bond acceptors (Lipinski definition) is 6. The molecule has 0 bridgehead atoms. The lowest BCUT2D eigenvalue weighted by Gasteiger charge is -2.21. The minimum atomic E-state index is -0.965. The van der Waals surface area contributed by atoms with Gasteiger partial charge >= 0.3 is 5.97 Å². The van der Waals surface area contributed by atoms with Crippen LogP contribution < -0.4 is 0 Å². The van der Waals surface area contributed by atoms with Crippen molar-refractivity contribution in [2.45, 2.75) is 24.3 Å². The number of rotatable bonds is 8. The first-order chi connectivity index (χ1) is 12.3. The molecular weight excluding hydrogens is 354 g/mol. The first kappa shape index (κ1) is 21.5. The molecule has 26 heavy (non-hydrogen) atoms. The highest BCUT2D eigenvalue weighted by molar-refractivity contribution is 8.00. The summed E-state index contributed by atoms with van der Waals surface area (Å²) in [5.41, 5.74) is 0.309. The van der Waals surface area contributed by atoms with Crippen molar-refractivity contribution in [3.05, 3.63) is 29.8 Å². The van der Waals surface area contributed by atoms with Crippen molar-refractivity contribution in [1.29, 1.82) is 5.26 Å². The Kier molecular flexibility index (Phi) is 8.65. The number of amides is 2. The van der Waals surface area contributed by atoms with Crippen molar-refractivity contribution in [1.82, 2.24) is 9.80 Å². The van der Waals surface area contributed by atoms with E-state index in [1.165, 1.54) is 28.5 Å². The van der Waals surface area contributed by atoms with Gasteiger partial charge in [0.1, 0.15) is 0 Å². The molecule has 0 N–H and O–H groups in total. The minimum absolute atomic E-state index is 0.0687. The number of nitriles is 1. The summed E-state index contributed by atoms with van der Waals surface area (Å²) in [4.78, 5) is 39.8. The zero-order valence-electron chi connectivity index (χ0n) is 15.4. The fraction of sp³-hybridized carbons (Fsp3) is 0.444. The third-order valence-electron chi connectivity index (χ3n) is 3.52. The maximum absolute atomic E-state index is 12.4. The SMILES string of the molecule is C[C@H](OC(=O)c1ccccc1SCC(=O)N(C)C)C(=O)N(C)CCC#N. The van der Waals surface area contributed by atoms with Crippen LogP contribution in [0.2, 0.25) is 0 Å². The highest BCUT2D eigenvalue weighted by Crippen LogP contribution is 2.24. The van der Waals surface area contributed by atoms with Gasteiger partial charge in [0.05, 0.1) is 23.8 Å². The van der Waals surface area contributed by atoms with Crippen molar-refractivity contribution < 1.29 is 19.1 Å². The van der Waals surface area contributed by atoms with Crippen LogP contribution in [0.4, 0.5) is 0 Å². The average molecular weight is 377 g/mol. The number of benzene rings is 1. The van der Waals surface area contributed by atoms with Crippen molar-refractivity contribution in [2.24, 2.45) is 0 Å². The molecule has 0 aliphatic rings. The Balaban J connectivity index is 2.76. The fourth-order valence-electron chi connectivity index (χ4n) is 1.94. The lowest BCUT2D eigenvalue weighted by molar-refractivity contribution is -0.138. The highest BCUT2D eigenvalue weighted by Gasteiger charge is 2.23. The van der Waals surface area contributed by atoms with E-state index in [4.69, 9.17) is 10.00 Å². The molecule has 1 atom stereocenters. The monoisotopic (exact) mass is 377 g/mol. The molecule has 8 heteroatoms. The van der Waals surface area contributed by atoms with Crippen LogP contribution in [0.15, 0.2) is 29.2 Å². The van der Waals surface area contributed by atoms with E-state index >= 15 is 0 Å². The molecule has 0 heterocycles. The Morgan fingerprint density at radius 1 is 1.23 bits per heavy atom. The molecule has 1 aromatic rings. The van der Waals surface area contributed by atoms with E-state index in [0.717, 1.165) is 0 Å². The molecule has 0 radical (unpaired) electrons. The summed E-state index contributed by atoms with van der Waals surface area (Å²) >= 11 is 1.24. The Labute approximate surface area is 157 Å². The van der Waals surface area contributed by atoms with Gasteiger partial charge in [0, 0.05) is 32.6 Å². The Morgan fingerprint density at radius 2 is 1.88 bits per heavy atom. The van der Waals surface area contributed by atoms with E-state index in [2.05, 4.69) is 0 Å². The molecule has 7 nitrogen and oxygen atoms in total. The number of hydrogen-bond donors (Lipinski definition) is 0. The van der Waals surface area contributed by atoms with Gasteiger partial charge < -0.3 is 14.5 Å². The topological polar surface area (TPSA) is 90.7 Å². The predicted molar refractivity (Wildman–Crippen MR) is 98.6 cm³/mol. The zero-order chi connectivity index (χ0) is 19.7. The minimum Gasteiger partial charge on any atom is -0.449 e. The largest absolute Gasteiger partial charge is 0.449 e. The molecule has 1 aromatic carbocycles. The lowest BCUT2D eigenvalue weighted by atomic mass is 10.2. The predicted octanol–water partition coefficient (Wildman–Crippen LogP) is 1.78. The molecule has 0 saturated carbocycles. The van der Waals surface area contributed by atoms with Crippen LogP contribution in [0.25, 0.3) is 0 Å². The molecule has 0 spiro atoms. The van der Waals surface area contributed by atoms with Crippen LogP contribution >= 0.6 is 11.8 Å². The van der Waals surface area contributed by atoms with E-state index in [0.29, 0.717) is 10.5 Å². The number of ether oxygens (including phenoxy) is 1. The van der Waals surface area contributed by atoms with Gasteiger partial charge in [-0.2, -0.15) is 5.26 Å². The second-order valence-corrected chi connectivity index (χ2v) is 6.81. The van der Waals surface area contributed by atoms with Gasteiger partial charge in [-0.1, -0.05) is 12.1 Å². The smallest absolute Gasteiger partial charge is 0.340 e. The van der Waals surface area contributed by atoms with Gasteiger partial charge in [-0.15, -0.1) is 11.8 Å². The number of nitrogens with zero attached hydrogens (tertiary/aromatic N) is 3. The van der Waals surface area contributed by atoms with E-state index in [-0.39, 0.29) is 30.5 Å². The molecule has 0 aliphatic carbocycles. The number of esters is 1. The maximum atomic E-state index is 12.4. The number of carbonyl (C=O) groups is 3. The van der Waals surface area contributed by atoms with Gasteiger partial charge in [0.15, 0.2) is 6.10 Å². The number of likely N-dealkylation sites (N-methyl/N-ethyl adjacent to an activating group) is 1. The lowest BCUT2D eigenvalue weighted by Crippen LogP contribution is -2.38. The van der Waals surface area contributed by atoms with Crippen LogP contribution in [0, 0.1) is 11.3 Å². The van der Waals surface area contributed by atoms with Crippen molar-refractivity contribution in [3.8, 4) is 6.07 Å². The quantitative estimate of drug-likeness (QED) is 0.507. The van der Waals surface area contributed by atoms with Crippen LogP contribution in [0.5, 0.6) is 0 Å². The van der Waals surface area contributed by atoms with Gasteiger partial charge in [-0.05, 0) is 19.1 Å². The summed E-state index contributed by atoms with van der Waals surface area (Å²) in [5, 5.41) is 8.58. The van der Waals surface area contributed by atoms with Crippen molar-refractivity contribution in [3.63, 3.8) is 0 Å². The van der Waals surface area contributed by atoms with Gasteiger partial charge in [0.2, 0.25) is 5.91 Å². The van der Waals surface area contributed by atoms with Gasteiger partial charge in [0.25, 0.3) is 5.91 Å². The number of carbonyl (C=O) groups excluding carboxylic acids is 3. The Morgan fingerprint density at radius 3 is 2.50 bits per heavy atom. The second kappa shape index (κ2) is 10.5. The molecule has 0 aromatic heterocycles. The van der Waals surface area contributed by atoms with Gasteiger partial charge in [-0.25, -0.2) is 4.79 Å². The molecule has 140 valence electrons. The van der Waals surface area contributed by atoms with Crippen molar-refractivity contribution >= 4 is 29.5 Å². The summed E-state index contributed by atoms with van der Waals surface area (Å²) in [7, 11) is 4.89. The first-order valence-electron chi connectivity index (χ1n) is 8.02. The molecular formula is C18H23N3O4S. The molecule has 0 aliphatic heterocycles. The van der Waals surface area contributed by atoms with E-state index < -0.39 is 12.1 Å². The summed E-state index contributed by atoms with van der Waals surface area (Å²) in [6.45, 7) is 1.77. The molecule has 2 amide bonds.